The van der Waals surface area contributed by atoms with Crippen LogP contribution in [0.5, 0.6) is 0 Å². The molecule has 1 aromatic rings. The SMILES string of the molecule is CCNS(=O)(=O)CCNC(=O)c1c[nH]ccc1=O. The lowest BCUT2D eigenvalue weighted by Gasteiger charge is -2.06. The Kier molecular flexibility index (Phi) is 5.05. The molecule has 0 unspecified atom stereocenters. The van der Waals surface area contributed by atoms with Crippen molar-refractivity contribution in [2.24, 2.45) is 0 Å². The molecule has 0 spiro atoms. The number of rotatable bonds is 6. The fraction of sp³-hybridized carbons (Fsp3) is 0.400. The summed E-state index contributed by atoms with van der Waals surface area (Å²) in [5, 5.41) is 2.38. The number of aromatic nitrogens is 1. The summed E-state index contributed by atoms with van der Waals surface area (Å²) in [6.07, 6.45) is 2.69. The molecule has 0 atom stereocenters. The zero-order chi connectivity index (χ0) is 13.6. The lowest BCUT2D eigenvalue weighted by molar-refractivity contribution is 0.0954. The van der Waals surface area contributed by atoms with Crippen LogP contribution in [-0.2, 0) is 10.0 Å². The van der Waals surface area contributed by atoms with Gasteiger partial charge in [-0.3, -0.25) is 9.59 Å². The van der Waals surface area contributed by atoms with Crippen molar-refractivity contribution in [2.75, 3.05) is 18.8 Å². The summed E-state index contributed by atoms with van der Waals surface area (Å²) in [7, 11) is -3.37. The summed E-state index contributed by atoms with van der Waals surface area (Å²) >= 11 is 0. The van der Waals surface area contributed by atoms with Crippen molar-refractivity contribution in [1.29, 1.82) is 0 Å². The van der Waals surface area contributed by atoms with Crippen LogP contribution in [-0.4, -0.2) is 38.2 Å². The van der Waals surface area contributed by atoms with Crippen LogP contribution >= 0.6 is 0 Å². The number of carbonyl (C=O) groups is 1. The number of aromatic amines is 1. The fourth-order valence-electron chi connectivity index (χ4n) is 1.28. The first kappa shape index (κ1) is 14.4. The van der Waals surface area contributed by atoms with Gasteiger partial charge in [-0.2, -0.15) is 0 Å². The van der Waals surface area contributed by atoms with Crippen molar-refractivity contribution in [3.8, 4) is 0 Å². The maximum absolute atomic E-state index is 11.6. The zero-order valence-corrected chi connectivity index (χ0v) is 10.7. The molecular weight excluding hydrogens is 258 g/mol. The van der Waals surface area contributed by atoms with Crippen LogP contribution in [0.3, 0.4) is 0 Å². The minimum Gasteiger partial charge on any atom is -0.367 e. The van der Waals surface area contributed by atoms with Crippen LogP contribution in [0.4, 0.5) is 0 Å². The quantitative estimate of drug-likeness (QED) is 0.620. The Morgan fingerprint density at radius 2 is 2.17 bits per heavy atom. The van der Waals surface area contributed by atoms with Gasteiger partial charge in [0.2, 0.25) is 10.0 Å². The molecule has 1 aromatic heterocycles. The molecular formula is C10H15N3O4S. The molecule has 0 aromatic carbocycles. The van der Waals surface area contributed by atoms with E-state index in [1.807, 2.05) is 0 Å². The molecule has 0 radical (unpaired) electrons. The van der Waals surface area contributed by atoms with Gasteiger partial charge in [0.25, 0.3) is 5.91 Å². The maximum atomic E-state index is 11.6. The standard InChI is InChI=1S/C10H15N3O4S/c1-2-13-18(16,17)6-5-12-10(15)8-7-11-4-3-9(8)14/h3-4,7,13H,2,5-6H2,1H3,(H,11,14)(H,12,15). The Bertz CT molecular complexity index is 564. The second kappa shape index (κ2) is 6.31. The summed E-state index contributed by atoms with van der Waals surface area (Å²) in [4.78, 5) is 25.5. The largest absolute Gasteiger partial charge is 0.367 e. The van der Waals surface area contributed by atoms with Crippen LogP contribution in [0.1, 0.15) is 17.3 Å². The van der Waals surface area contributed by atoms with Crippen molar-refractivity contribution >= 4 is 15.9 Å². The van der Waals surface area contributed by atoms with Gasteiger partial charge in [0.05, 0.1) is 5.75 Å². The summed E-state index contributed by atoms with van der Waals surface area (Å²) in [6.45, 7) is 1.91. The Hall–Kier alpha value is -1.67. The minimum absolute atomic E-state index is 0.0432. The molecule has 0 aliphatic carbocycles. The van der Waals surface area contributed by atoms with Gasteiger partial charge in [-0.05, 0) is 0 Å². The molecule has 0 fully saturated rings. The van der Waals surface area contributed by atoms with Crippen LogP contribution < -0.4 is 15.5 Å². The number of pyridine rings is 1. The van der Waals surface area contributed by atoms with Crippen LogP contribution in [0.2, 0.25) is 0 Å². The molecule has 1 heterocycles. The van der Waals surface area contributed by atoms with E-state index in [9.17, 15) is 18.0 Å². The first-order valence-electron chi connectivity index (χ1n) is 5.39. The molecule has 0 aliphatic rings. The van der Waals surface area contributed by atoms with Crippen molar-refractivity contribution in [3.63, 3.8) is 0 Å². The molecule has 18 heavy (non-hydrogen) atoms. The van der Waals surface area contributed by atoms with Crippen LogP contribution in [0.25, 0.3) is 0 Å². The highest BCUT2D eigenvalue weighted by atomic mass is 32.2. The highest BCUT2D eigenvalue weighted by molar-refractivity contribution is 7.89. The first-order chi connectivity index (χ1) is 8.46. The molecule has 8 heteroatoms. The van der Waals surface area contributed by atoms with Crippen LogP contribution in [0, 0.1) is 0 Å². The van der Waals surface area contributed by atoms with Crippen molar-refractivity contribution in [1.82, 2.24) is 15.0 Å². The second-order valence-corrected chi connectivity index (χ2v) is 5.42. The number of nitrogens with one attached hydrogen (secondary N) is 3. The van der Waals surface area contributed by atoms with E-state index < -0.39 is 21.4 Å². The van der Waals surface area contributed by atoms with Gasteiger partial charge in [-0.1, -0.05) is 6.92 Å². The highest BCUT2D eigenvalue weighted by Crippen LogP contribution is 1.88. The highest BCUT2D eigenvalue weighted by Gasteiger charge is 2.12. The van der Waals surface area contributed by atoms with Gasteiger partial charge < -0.3 is 10.3 Å². The average molecular weight is 273 g/mol. The van der Waals surface area contributed by atoms with E-state index in [0.717, 1.165) is 0 Å². The Morgan fingerprint density at radius 1 is 1.44 bits per heavy atom. The van der Waals surface area contributed by atoms with Crippen molar-refractivity contribution < 1.29 is 13.2 Å². The molecule has 7 nitrogen and oxygen atoms in total. The minimum atomic E-state index is -3.37. The number of sulfonamides is 1. The Morgan fingerprint density at radius 3 is 2.78 bits per heavy atom. The normalized spacial score (nSPS) is 11.2. The third-order valence-electron chi connectivity index (χ3n) is 2.09. The molecule has 0 saturated heterocycles. The predicted octanol–water partition coefficient (Wildman–Crippen LogP) is -0.956. The molecule has 100 valence electrons. The second-order valence-electron chi connectivity index (χ2n) is 3.49. The smallest absolute Gasteiger partial charge is 0.256 e. The van der Waals surface area contributed by atoms with E-state index in [1.54, 1.807) is 6.92 Å². The van der Waals surface area contributed by atoms with E-state index in [4.69, 9.17) is 0 Å². The van der Waals surface area contributed by atoms with Gasteiger partial charge in [0.1, 0.15) is 5.56 Å². The molecule has 3 N–H and O–H groups in total. The van der Waals surface area contributed by atoms with E-state index in [2.05, 4.69) is 15.0 Å². The Labute approximate surface area is 105 Å². The van der Waals surface area contributed by atoms with E-state index >= 15 is 0 Å². The van der Waals surface area contributed by atoms with Gasteiger partial charge in [0.15, 0.2) is 5.43 Å². The van der Waals surface area contributed by atoms with Crippen molar-refractivity contribution in [2.45, 2.75) is 6.92 Å². The predicted molar refractivity (Wildman–Crippen MR) is 66.9 cm³/mol. The maximum Gasteiger partial charge on any atom is 0.256 e. The molecule has 1 amide bonds. The van der Waals surface area contributed by atoms with Gasteiger partial charge in [-0.25, -0.2) is 13.1 Å². The number of carbonyl (C=O) groups excluding carboxylic acids is 1. The van der Waals surface area contributed by atoms with E-state index in [0.29, 0.717) is 6.54 Å². The van der Waals surface area contributed by atoms with E-state index in [-0.39, 0.29) is 17.9 Å². The summed E-state index contributed by atoms with van der Waals surface area (Å²) < 4.78 is 24.9. The van der Waals surface area contributed by atoms with Crippen molar-refractivity contribution in [3.05, 3.63) is 34.2 Å². The average Bonchev–Trinajstić information content (AvgIpc) is 2.29. The Balaban J connectivity index is 2.53. The zero-order valence-electron chi connectivity index (χ0n) is 9.89. The number of hydrogen-bond acceptors (Lipinski definition) is 4. The third-order valence-corrected chi connectivity index (χ3v) is 3.56. The molecule has 1 rings (SSSR count). The lowest BCUT2D eigenvalue weighted by Crippen LogP contribution is -2.35. The lowest BCUT2D eigenvalue weighted by atomic mass is 10.2. The molecule has 0 aliphatic heterocycles. The topological polar surface area (TPSA) is 108 Å². The van der Waals surface area contributed by atoms with E-state index in [1.165, 1.54) is 18.5 Å². The molecule has 0 bridgehead atoms. The first-order valence-corrected chi connectivity index (χ1v) is 7.04. The summed E-state index contributed by atoms with van der Waals surface area (Å²) in [6, 6.07) is 1.23. The monoisotopic (exact) mass is 273 g/mol. The third kappa shape index (κ3) is 4.30. The summed E-state index contributed by atoms with van der Waals surface area (Å²) in [5.74, 6) is -0.819. The number of H-pyrrole nitrogens is 1. The number of amides is 1. The number of hydrogen-bond donors (Lipinski definition) is 3. The van der Waals surface area contributed by atoms with Gasteiger partial charge in [-0.15, -0.1) is 0 Å². The van der Waals surface area contributed by atoms with Crippen LogP contribution in [0.15, 0.2) is 23.3 Å². The molecule has 0 saturated carbocycles. The van der Waals surface area contributed by atoms with Gasteiger partial charge >= 0.3 is 0 Å². The fourth-order valence-corrected chi connectivity index (χ4v) is 2.23. The summed E-state index contributed by atoms with van der Waals surface area (Å²) in [5.41, 5.74) is -0.459. The van der Waals surface area contributed by atoms with Gasteiger partial charge in [0, 0.05) is 31.5 Å².